The van der Waals surface area contributed by atoms with Crippen LogP contribution in [-0.4, -0.2) is 50.3 Å². The Hall–Kier alpha value is -0.120. The molecule has 1 saturated carbocycles. The van der Waals surface area contributed by atoms with Crippen LogP contribution in [0, 0.1) is 5.92 Å². The van der Waals surface area contributed by atoms with E-state index in [1.54, 1.807) is 0 Å². The first-order chi connectivity index (χ1) is 8.77. The third-order valence-electron chi connectivity index (χ3n) is 4.75. The third-order valence-corrected chi connectivity index (χ3v) is 4.75. The second-order valence-corrected chi connectivity index (χ2v) is 6.15. The van der Waals surface area contributed by atoms with Crippen molar-refractivity contribution in [3.63, 3.8) is 0 Å². The molecular formula is C15H30N2O. The number of ether oxygens (including phenoxy) is 1. The lowest BCUT2D eigenvalue weighted by atomic mass is 9.85. The number of likely N-dealkylation sites (N-methyl/N-ethyl adjacent to an activating group) is 1. The minimum absolute atomic E-state index is 0.691. The summed E-state index contributed by atoms with van der Waals surface area (Å²) in [6, 6.07) is 1.51. The Bertz CT molecular complexity index is 229. The summed E-state index contributed by atoms with van der Waals surface area (Å²) in [6.07, 6.45) is 8.04. The van der Waals surface area contributed by atoms with Gasteiger partial charge in [-0.05, 0) is 38.6 Å². The molecule has 1 saturated heterocycles. The van der Waals surface area contributed by atoms with Crippen LogP contribution >= 0.6 is 0 Å². The Morgan fingerprint density at radius 3 is 2.56 bits per heavy atom. The second kappa shape index (κ2) is 7.46. The monoisotopic (exact) mass is 254 g/mol. The van der Waals surface area contributed by atoms with E-state index in [0.29, 0.717) is 6.04 Å². The van der Waals surface area contributed by atoms with E-state index in [9.17, 15) is 0 Å². The average molecular weight is 254 g/mol. The summed E-state index contributed by atoms with van der Waals surface area (Å²) in [5, 5.41) is 3.68. The Kier molecular flexibility index (Phi) is 5.93. The van der Waals surface area contributed by atoms with Crippen LogP contribution in [0.25, 0.3) is 0 Å². The van der Waals surface area contributed by atoms with Gasteiger partial charge in [0, 0.05) is 38.4 Å². The summed E-state index contributed by atoms with van der Waals surface area (Å²) in [5.74, 6) is 0.881. The highest BCUT2D eigenvalue weighted by atomic mass is 16.5. The van der Waals surface area contributed by atoms with Gasteiger partial charge in [0.25, 0.3) is 0 Å². The van der Waals surface area contributed by atoms with Crippen LogP contribution in [0.2, 0.25) is 0 Å². The topological polar surface area (TPSA) is 24.5 Å². The maximum Gasteiger partial charge on any atom is 0.0480 e. The van der Waals surface area contributed by atoms with Gasteiger partial charge < -0.3 is 15.0 Å². The SMILES string of the molecule is CC1CCCCC1N(C)CCNC1CCOCC1. The van der Waals surface area contributed by atoms with Crippen LogP contribution in [0.4, 0.5) is 0 Å². The molecule has 0 bridgehead atoms. The number of hydrogen-bond donors (Lipinski definition) is 1. The molecule has 0 aromatic rings. The molecule has 2 atom stereocenters. The van der Waals surface area contributed by atoms with Crippen molar-refractivity contribution >= 4 is 0 Å². The largest absolute Gasteiger partial charge is 0.381 e. The van der Waals surface area contributed by atoms with Crippen molar-refractivity contribution in [2.24, 2.45) is 5.92 Å². The molecule has 2 fully saturated rings. The molecule has 1 N–H and O–H groups in total. The highest BCUT2D eigenvalue weighted by molar-refractivity contribution is 4.80. The van der Waals surface area contributed by atoms with E-state index >= 15 is 0 Å². The molecular weight excluding hydrogens is 224 g/mol. The fourth-order valence-electron chi connectivity index (χ4n) is 3.46. The molecule has 18 heavy (non-hydrogen) atoms. The maximum absolute atomic E-state index is 5.39. The van der Waals surface area contributed by atoms with Crippen LogP contribution < -0.4 is 5.32 Å². The van der Waals surface area contributed by atoms with Crippen molar-refractivity contribution in [2.45, 2.75) is 57.5 Å². The zero-order chi connectivity index (χ0) is 12.8. The molecule has 2 aliphatic rings. The van der Waals surface area contributed by atoms with E-state index < -0.39 is 0 Å². The van der Waals surface area contributed by atoms with Crippen molar-refractivity contribution in [1.29, 1.82) is 0 Å². The first kappa shape index (κ1) is 14.3. The first-order valence-corrected chi connectivity index (χ1v) is 7.78. The zero-order valence-electron chi connectivity index (χ0n) is 12.2. The third kappa shape index (κ3) is 4.22. The van der Waals surface area contributed by atoms with E-state index in [2.05, 4.69) is 24.2 Å². The highest BCUT2D eigenvalue weighted by Crippen LogP contribution is 2.27. The molecule has 1 aliphatic heterocycles. The Morgan fingerprint density at radius 1 is 1.11 bits per heavy atom. The van der Waals surface area contributed by atoms with E-state index in [0.717, 1.165) is 31.7 Å². The molecule has 106 valence electrons. The van der Waals surface area contributed by atoms with Gasteiger partial charge in [-0.15, -0.1) is 0 Å². The Labute approximate surface area is 112 Å². The molecule has 0 radical (unpaired) electrons. The normalized spacial score (nSPS) is 30.8. The van der Waals surface area contributed by atoms with Crippen LogP contribution in [0.15, 0.2) is 0 Å². The van der Waals surface area contributed by atoms with Gasteiger partial charge in [0.2, 0.25) is 0 Å². The standard InChI is InChI=1S/C15H30N2O/c1-13-5-3-4-6-15(13)17(2)10-9-16-14-7-11-18-12-8-14/h13-16H,3-12H2,1-2H3. The zero-order valence-corrected chi connectivity index (χ0v) is 12.2. The minimum atomic E-state index is 0.691. The van der Waals surface area contributed by atoms with Crippen molar-refractivity contribution in [2.75, 3.05) is 33.4 Å². The van der Waals surface area contributed by atoms with Crippen molar-refractivity contribution in [3.8, 4) is 0 Å². The van der Waals surface area contributed by atoms with Crippen LogP contribution in [0.5, 0.6) is 0 Å². The molecule has 0 aromatic carbocycles. The summed E-state index contributed by atoms with van der Waals surface area (Å²) in [4.78, 5) is 2.58. The van der Waals surface area contributed by atoms with Gasteiger partial charge in [-0.25, -0.2) is 0 Å². The number of nitrogens with one attached hydrogen (secondary N) is 1. The minimum Gasteiger partial charge on any atom is -0.381 e. The Morgan fingerprint density at radius 2 is 1.83 bits per heavy atom. The van der Waals surface area contributed by atoms with Gasteiger partial charge in [0.15, 0.2) is 0 Å². The molecule has 0 aromatic heterocycles. The smallest absolute Gasteiger partial charge is 0.0480 e. The van der Waals surface area contributed by atoms with Gasteiger partial charge in [-0.2, -0.15) is 0 Å². The fourth-order valence-corrected chi connectivity index (χ4v) is 3.46. The van der Waals surface area contributed by atoms with Crippen molar-refractivity contribution in [3.05, 3.63) is 0 Å². The van der Waals surface area contributed by atoms with Gasteiger partial charge in [0.05, 0.1) is 0 Å². The quantitative estimate of drug-likeness (QED) is 0.814. The first-order valence-electron chi connectivity index (χ1n) is 7.78. The van der Waals surface area contributed by atoms with Gasteiger partial charge >= 0.3 is 0 Å². The molecule has 2 unspecified atom stereocenters. The lowest BCUT2D eigenvalue weighted by molar-refractivity contribution is 0.0758. The van der Waals surface area contributed by atoms with E-state index in [4.69, 9.17) is 4.74 Å². The molecule has 3 nitrogen and oxygen atoms in total. The van der Waals surface area contributed by atoms with Crippen molar-refractivity contribution in [1.82, 2.24) is 10.2 Å². The van der Waals surface area contributed by atoms with Crippen LogP contribution in [-0.2, 0) is 4.74 Å². The lowest BCUT2D eigenvalue weighted by Gasteiger charge is -2.36. The van der Waals surface area contributed by atoms with Crippen LogP contribution in [0.1, 0.15) is 45.4 Å². The van der Waals surface area contributed by atoms with Gasteiger partial charge in [-0.1, -0.05) is 19.8 Å². The van der Waals surface area contributed by atoms with Crippen LogP contribution in [0.3, 0.4) is 0 Å². The number of nitrogens with zero attached hydrogens (tertiary/aromatic N) is 1. The highest BCUT2D eigenvalue weighted by Gasteiger charge is 2.24. The fraction of sp³-hybridized carbons (Fsp3) is 1.00. The van der Waals surface area contributed by atoms with E-state index in [-0.39, 0.29) is 0 Å². The summed E-state index contributed by atoms with van der Waals surface area (Å²) >= 11 is 0. The molecule has 1 aliphatic carbocycles. The molecule has 2 rings (SSSR count). The molecule has 1 heterocycles. The lowest BCUT2D eigenvalue weighted by Crippen LogP contribution is -2.44. The van der Waals surface area contributed by atoms with Crippen molar-refractivity contribution < 1.29 is 4.74 Å². The van der Waals surface area contributed by atoms with E-state index in [1.807, 2.05) is 0 Å². The second-order valence-electron chi connectivity index (χ2n) is 6.15. The summed E-state index contributed by atoms with van der Waals surface area (Å²) < 4.78 is 5.39. The van der Waals surface area contributed by atoms with E-state index in [1.165, 1.54) is 45.1 Å². The molecule has 0 amide bonds. The number of rotatable bonds is 5. The number of hydrogen-bond acceptors (Lipinski definition) is 3. The van der Waals surface area contributed by atoms with Gasteiger partial charge in [-0.3, -0.25) is 0 Å². The average Bonchev–Trinajstić information content (AvgIpc) is 2.40. The maximum atomic E-state index is 5.39. The molecule has 3 heteroatoms. The predicted molar refractivity (Wildman–Crippen MR) is 75.9 cm³/mol. The summed E-state index contributed by atoms with van der Waals surface area (Å²) in [6.45, 7) is 6.61. The Balaban J connectivity index is 1.62. The predicted octanol–water partition coefficient (Wildman–Crippen LogP) is 2.27. The van der Waals surface area contributed by atoms with Gasteiger partial charge in [0.1, 0.15) is 0 Å². The summed E-state index contributed by atoms with van der Waals surface area (Å²) in [7, 11) is 2.30. The summed E-state index contributed by atoms with van der Waals surface area (Å²) in [5.41, 5.74) is 0. The molecule has 0 spiro atoms.